The molecule has 0 radical (unpaired) electrons. The fourth-order valence-corrected chi connectivity index (χ4v) is 1.74. The van der Waals surface area contributed by atoms with Crippen LogP contribution in [0.25, 0.3) is 0 Å². The predicted molar refractivity (Wildman–Crippen MR) is 50.3 cm³/mol. The largest absolute Gasteiger partial charge is 0.196 e. The Morgan fingerprint density at radius 3 is 1.87 bits per heavy atom. The summed E-state index contributed by atoms with van der Waals surface area (Å²) in [7, 11) is 0. The fourth-order valence-electron chi connectivity index (χ4n) is 1.74. The molecule has 0 heterocycles. The maximum Gasteiger partial charge on any atom is 0.179 e. The molecule has 1 aliphatic carbocycles. The lowest BCUT2D eigenvalue weighted by molar-refractivity contribution is 0.282. The first-order chi connectivity index (χ1) is 7.09. The minimum Gasteiger partial charge on any atom is -0.196 e. The van der Waals surface area contributed by atoms with E-state index in [4.69, 9.17) is 21.0 Å². The Balaban J connectivity index is 3.45. The second-order valence-electron chi connectivity index (χ2n) is 3.69. The van der Waals surface area contributed by atoms with E-state index < -0.39 is 10.8 Å². The lowest BCUT2D eigenvalue weighted by atomic mass is 9.59. The number of rotatable bonds is 0. The Morgan fingerprint density at radius 1 is 1.00 bits per heavy atom. The van der Waals surface area contributed by atoms with Crippen molar-refractivity contribution in [2.75, 3.05) is 0 Å². The molecule has 72 valence electrons. The Morgan fingerprint density at radius 2 is 1.47 bits per heavy atom. The van der Waals surface area contributed by atoms with Crippen LogP contribution in [-0.2, 0) is 0 Å². The average Bonchev–Trinajstić information content (AvgIpc) is 2.29. The first kappa shape index (κ1) is 10.8. The van der Waals surface area contributed by atoms with E-state index in [1.807, 2.05) is 24.3 Å². The van der Waals surface area contributed by atoms with Gasteiger partial charge in [-0.1, -0.05) is 11.6 Å². The monoisotopic (exact) mass is 196 g/mol. The van der Waals surface area contributed by atoms with Crippen molar-refractivity contribution in [3.05, 3.63) is 11.6 Å². The zero-order valence-corrected chi connectivity index (χ0v) is 8.28. The van der Waals surface area contributed by atoms with Gasteiger partial charge in [-0.25, -0.2) is 0 Å². The van der Waals surface area contributed by atoms with Crippen molar-refractivity contribution in [3.63, 3.8) is 0 Å². The first-order valence-electron chi connectivity index (χ1n) is 4.40. The molecule has 0 saturated carbocycles. The lowest BCUT2D eigenvalue weighted by Crippen LogP contribution is -2.40. The molecular weight excluding hydrogens is 188 g/mol. The van der Waals surface area contributed by atoms with Gasteiger partial charge < -0.3 is 0 Å². The summed E-state index contributed by atoms with van der Waals surface area (Å²) in [5.74, 6) is 0. The highest BCUT2D eigenvalue weighted by atomic mass is 14.6. The molecule has 0 amide bonds. The van der Waals surface area contributed by atoms with Crippen LogP contribution in [0.4, 0.5) is 0 Å². The molecule has 15 heavy (non-hydrogen) atoms. The van der Waals surface area contributed by atoms with E-state index in [0.717, 1.165) is 5.57 Å². The number of nitriles is 4. The van der Waals surface area contributed by atoms with Crippen LogP contribution in [-0.4, -0.2) is 0 Å². The van der Waals surface area contributed by atoms with Gasteiger partial charge >= 0.3 is 0 Å². The third-order valence-electron chi connectivity index (χ3n) is 2.79. The minimum absolute atomic E-state index is 0.146. The minimum atomic E-state index is -1.53. The number of hydrogen-bond acceptors (Lipinski definition) is 4. The molecule has 0 saturated heterocycles. The van der Waals surface area contributed by atoms with E-state index in [9.17, 15) is 0 Å². The highest BCUT2D eigenvalue weighted by Crippen LogP contribution is 2.48. The topological polar surface area (TPSA) is 95.2 Å². The standard InChI is InChI=1S/C11H8N4/c1-9-2-3-10(5-12,6-13)11(4-9,7-14)8-15/h2H,3-4H2,1H3. The second kappa shape index (κ2) is 3.45. The van der Waals surface area contributed by atoms with Crippen LogP contribution in [0.2, 0.25) is 0 Å². The summed E-state index contributed by atoms with van der Waals surface area (Å²) in [6.07, 6.45) is 2.06. The SMILES string of the molecule is CC1=CCC(C#N)(C#N)C(C#N)(C#N)C1. The van der Waals surface area contributed by atoms with Crippen molar-refractivity contribution >= 4 is 0 Å². The van der Waals surface area contributed by atoms with Crippen LogP contribution >= 0.6 is 0 Å². The smallest absolute Gasteiger partial charge is 0.179 e. The maximum absolute atomic E-state index is 9.06. The number of nitrogens with zero attached hydrogens (tertiary/aromatic N) is 4. The Kier molecular flexibility index (Phi) is 2.48. The second-order valence-corrected chi connectivity index (χ2v) is 3.69. The van der Waals surface area contributed by atoms with E-state index in [0.29, 0.717) is 0 Å². The van der Waals surface area contributed by atoms with Gasteiger partial charge in [-0.15, -0.1) is 0 Å². The molecule has 1 aliphatic rings. The third-order valence-corrected chi connectivity index (χ3v) is 2.79. The molecule has 0 bridgehead atoms. The van der Waals surface area contributed by atoms with Crippen LogP contribution < -0.4 is 0 Å². The van der Waals surface area contributed by atoms with Crippen molar-refractivity contribution in [1.82, 2.24) is 0 Å². The molecule has 0 aliphatic heterocycles. The van der Waals surface area contributed by atoms with E-state index in [1.165, 1.54) is 0 Å². The summed E-state index contributed by atoms with van der Waals surface area (Å²) in [4.78, 5) is 0. The van der Waals surface area contributed by atoms with Crippen LogP contribution in [0.5, 0.6) is 0 Å². The summed E-state index contributed by atoms with van der Waals surface area (Å²) in [5.41, 5.74) is -2.19. The van der Waals surface area contributed by atoms with Crippen molar-refractivity contribution < 1.29 is 0 Å². The van der Waals surface area contributed by atoms with Crippen LogP contribution in [0.1, 0.15) is 19.8 Å². The molecule has 0 fully saturated rings. The van der Waals surface area contributed by atoms with E-state index >= 15 is 0 Å². The molecule has 0 atom stereocenters. The van der Waals surface area contributed by atoms with Crippen molar-refractivity contribution in [2.45, 2.75) is 19.8 Å². The average molecular weight is 196 g/mol. The summed E-state index contributed by atoms with van der Waals surface area (Å²) >= 11 is 0. The number of allylic oxidation sites excluding steroid dienone is 2. The van der Waals surface area contributed by atoms with Crippen molar-refractivity contribution in [3.8, 4) is 24.3 Å². The molecule has 0 unspecified atom stereocenters. The molecular formula is C11H8N4. The molecule has 4 heteroatoms. The first-order valence-corrected chi connectivity index (χ1v) is 4.40. The van der Waals surface area contributed by atoms with Gasteiger partial charge in [0.15, 0.2) is 10.8 Å². The van der Waals surface area contributed by atoms with E-state index in [-0.39, 0.29) is 12.8 Å². The molecule has 4 nitrogen and oxygen atoms in total. The molecule has 0 aromatic heterocycles. The van der Waals surface area contributed by atoms with Gasteiger partial charge in [-0.05, 0) is 6.92 Å². The van der Waals surface area contributed by atoms with Crippen LogP contribution in [0, 0.1) is 56.2 Å². The van der Waals surface area contributed by atoms with Gasteiger partial charge in [-0.2, -0.15) is 21.0 Å². The summed E-state index contributed by atoms with van der Waals surface area (Å²) in [6, 6.07) is 7.35. The highest BCUT2D eigenvalue weighted by Gasteiger charge is 2.55. The van der Waals surface area contributed by atoms with Crippen molar-refractivity contribution in [2.24, 2.45) is 10.8 Å². The molecule has 0 N–H and O–H groups in total. The van der Waals surface area contributed by atoms with Crippen LogP contribution in [0.15, 0.2) is 11.6 Å². The zero-order chi connectivity index (χ0) is 11.5. The third kappa shape index (κ3) is 1.25. The van der Waals surface area contributed by atoms with Crippen molar-refractivity contribution in [1.29, 1.82) is 21.0 Å². The van der Waals surface area contributed by atoms with Crippen LogP contribution in [0.3, 0.4) is 0 Å². The summed E-state index contributed by atoms with van der Waals surface area (Å²) in [5, 5.41) is 36.2. The lowest BCUT2D eigenvalue weighted by Gasteiger charge is -2.34. The van der Waals surface area contributed by atoms with Gasteiger partial charge in [0.2, 0.25) is 0 Å². The summed E-state index contributed by atoms with van der Waals surface area (Å²) < 4.78 is 0. The quantitative estimate of drug-likeness (QED) is 0.552. The van der Waals surface area contributed by atoms with Gasteiger partial charge in [0.25, 0.3) is 0 Å². The summed E-state index contributed by atoms with van der Waals surface area (Å²) in [6.45, 7) is 1.79. The Hall–Kier alpha value is -2.30. The number of hydrogen-bond donors (Lipinski definition) is 0. The normalized spacial score (nSPS) is 21.0. The van der Waals surface area contributed by atoms with Gasteiger partial charge in [0.05, 0.1) is 24.3 Å². The maximum atomic E-state index is 9.06. The predicted octanol–water partition coefficient (Wildman–Crippen LogP) is 1.79. The molecule has 0 aromatic carbocycles. The molecule has 0 aromatic rings. The fraction of sp³-hybridized carbons (Fsp3) is 0.455. The van der Waals surface area contributed by atoms with Gasteiger partial charge in [0.1, 0.15) is 0 Å². The Bertz CT molecular complexity index is 445. The molecule has 1 rings (SSSR count). The van der Waals surface area contributed by atoms with E-state index in [2.05, 4.69) is 0 Å². The van der Waals surface area contributed by atoms with Gasteiger partial charge in [-0.3, -0.25) is 0 Å². The highest BCUT2D eigenvalue weighted by molar-refractivity contribution is 5.40. The van der Waals surface area contributed by atoms with E-state index in [1.54, 1.807) is 13.0 Å². The van der Waals surface area contributed by atoms with Gasteiger partial charge in [0, 0.05) is 12.8 Å². The Labute approximate surface area is 88.3 Å². The molecule has 0 spiro atoms. The zero-order valence-electron chi connectivity index (χ0n) is 8.28.